The van der Waals surface area contributed by atoms with Crippen LogP contribution in [0.4, 0.5) is 0 Å². The van der Waals surface area contributed by atoms with E-state index in [1.165, 1.54) is 25.7 Å². The number of hydrogen-bond donors (Lipinski definition) is 2. The third-order valence-corrected chi connectivity index (χ3v) is 4.55. The van der Waals surface area contributed by atoms with Crippen LogP contribution in [0.5, 0.6) is 0 Å². The third-order valence-electron chi connectivity index (χ3n) is 4.55. The molecule has 4 nitrogen and oxygen atoms in total. The average Bonchev–Trinajstić information content (AvgIpc) is 2.98. The highest BCUT2D eigenvalue weighted by Crippen LogP contribution is 2.30. The van der Waals surface area contributed by atoms with E-state index in [1.807, 2.05) is 19.1 Å². The lowest BCUT2D eigenvalue weighted by Gasteiger charge is -2.36. The number of nitrogens with one attached hydrogen (secondary N) is 2. The molecule has 2 N–H and O–H groups in total. The van der Waals surface area contributed by atoms with Crippen LogP contribution < -0.4 is 10.6 Å². The van der Waals surface area contributed by atoms with Crippen molar-refractivity contribution in [2.45, 2.75) is 65.1 Å². The molecule has 1 aliphatic rings. The molecular weight excluding hydrogens is 264 g/mol. The normalized spacial score (nSPS) is 24.0. The van der Waals surface area contributed by atoms with Gasteiger partial charge in [-0.2, -0.15) is 0 Å². The molecule has 1 aromatic rings. The molecule has 1 saturated carbocycles. The van der Waals surface area contributed by atoms with Gasteiger partial charge in [0.2, 0.25) is 5.91 Å². The Hall–Kier alpha value is -1.29. The Morgan fingerprint density at radius 1 is 1.33 bits per heavy atom. The van der Waals surface area contributed by atoms with Crippen molar-refractivity contribution in [1.29, 1.82) is 0 Å². The van der Waals surface area contributed by atoms with Gasteiger partial charge in [0.1, 0.15) is 5.76 Å². The lowest BCUT2D eigenvalue weighted by atomic mass is 9.77. The molecule has 0 spiro atoms. The van der Waals surface area contributed by atoms with Crippen LogP contribution in [0.3, 0.4) is 0 Å². The molecule has 118 valence electrons. The monoisotopic (exact) mass is 292 g/mol. The van der Waals surface area contributed by atoms with Gasteiger partial charge in [-0.3, -0.25) is 4.79 Å². The summed E-state index contributed by atoms with van der Waals surface area (Å²) in [6.45, 7) is 6.97. The molecule has 2 rings (SSSR count). The smallest absolute Gasteiger partial charge is 0.237 e. The quantitative estimate of drug-likeness (QED) is 0.847. The Morgan fingerprint density at radius 2 is 2.10 bits per heavy atom. The first-order valence-electron chi connectivity index (χ1n) is 8.14. The molecule has 0 saturated heterocycles. The van der Waals surface area contributed by atoms with Crippen LogP contribution in [-0.4, -0.2) is 18.0 Å². The molecule has 3 atom stereocenters. The average molecular weight is 292 g/mol. The van der Waals surface area contributed by atoms with E-state index in [2.05, 4.69) is 24.5 Å². The van der Waals surface area contributed by atoms with Crippen molar-refractivity contribution < 1.29 is 9.21 Å². The Bertz CT molecular complexity index is 428. The number of hydrogen-bond acceptors (Lipinski definition) is 3. The zero-order valence-electron chi connectivity index (χ0n) is 13.4. The summed E-state index contributed by atoms with van der Waals surface area (Å²) in [5.41, 5.74) is 0. The molecule has 0 aromatic carbocycles. The highest BCUT2D eigenvalue weighted by Gasteiger charge is 2.29. The number of carbonyl (C=O) groups is 1. The standard InChI is InChI=1S/C17H28N2O2/c1-12(2)15-8-4-5-9-16(15)19-13(3)17(20)18-11-14-7-6-10-21-14/h6-7,10,12-13,15-16,19H,4-5,8-9,11H2,1-3H3,(H,18,20). The molecular formula is C17H28N2O2. The zero-order valence-corrected chi connectivity index (χ0v) is 13.4. The molecule has 0 bridgehead atoms. The van der Waals surface area contributed by atoms with Gasteiger partial charge >= 0.3 is 0 Å². The molecule has 3 unspecified atom stereocenters. The first-order chi connectivity index (χ1) is 10.1. The molecule has 0 radical (unpaired) electrons. The van der Waals surface area contributed by atoms with Crippen LogP contribution >= 0.6 is 0 Å². The Balaban J connectivity index is 1.81. The zero-order chi connectivity index (χ0) is 15.2. The van der Waals surface area contributed by atoms with Crippen LogP contribution in [0, 0.1) is 11.8 Å². The molecule has 4 heteroatoms. The number of carbonyl (C=O) groups excluding carboxylic acids is 1. The molecule has 1 heterocycles. The fourth-order valence-electron chi connectivity index (χ4n) is 3.30. The highest BCUT2D eigenvalue weighted by atomic mass is 16.3. The maximum absolute atomic E-state index is 12.2. The molecule has 1 amide bonds. The van der Waals surface area contributed by atoms with E-state index in [4.69, 9.17) is 4.42 Å². The van der Waals surface area contributed by atoms with Gasteiger partial charge in [0.25, 0.3) is 0 Å². The predicted molar refractivity (Wildman–Crippen MR) is 83.7 cm³/mol. The first kappa shape index (κ1) is 16.1. The summed E-state index contributed by atoms with van der Waals surface area (Å²) in [5, 5.41) is 6.46. The van der Waals surface area contributed by atoms with Crippen molar-refractivity contribution in [2.75, 3.05) is 0 Å². The van der Waals surface area contributed by atoms with Gasteiger partial charge in [-0.05, 0) is 43.7 Å². The Labute approximate surface area is 127 Å². The molecule has 1 aromatic heterocycles. The topological polar surface area (TPSA) is 54.3 Å². The minimum atomic E-state index is -0.163. The lowest BCUT2D eigenvalue weighted by molar-refractivity contribution is -0.123. The van der Waals surface area contributed by atoms with Crippen molar-refractivity contribution >= 4 is 5.91 Å². The van der Waals surface area contributed by atoms with Crippen molar-refractivity contribution in [1.82, 2.24) is 10.6 Å². The van der Waals surface area contributed by atoms with Gasteiger partial charge in [0.05, 0.1) is 18.8 Å². The van der Waals surface area contributed by atoms with E-state index in [0.717, 1.165) is 5.76 Å². The van der Waals surface area contributed by atoms with Crippen LogP contribution in [0.25, 0.3) is 0 Å². The van der Waals surface area contributed by atoms with E-state index in [1.54, 1.807) is 6.26 Å². The summed E-state index contributed by atoms with van der Waals surface area (Å²) in [7, 11) is 0. The lowest BCUT2D eigenvalue weighted by Crippen LogP contribution is -2.50. The number of amides is 1. The maximum Gasteiger partial charge on any atom is 0.237 e. The molecule has 1 fully saturated rings. The maximum atomic E-state index is 12.2. The van der Waals surface area contributed by atoms with Crippen molar-refractivity contribution in [3.63, 3.8) is 0 Å². The van der Waals surface area contributed by atoms with Crippen molar-refractivity contribution in [2.24, 2.45) is 11.8 Å². The van der Waals surface area contributed by atoms with Gasteiger partial charge < -0.3 is 15.1 Å². The second kappa shape index (κ2) is 7.64. The van der Waals surface area contributed by atoms with Gasteiger partial charge in [-0.15, -0.1) is 0 Å². The van der Waals surface area contributed by atoms with E-state index in [-0.39, 0.29) is 11.9 Å². The second-order valence-electron chi connectivity index (χ2n) is 6.48. The van der Waals surface area contributed by atoms with Crippen molar-refractivity contribution in [3.05, 3.63) is 24.2 Å². The minimum absolute atomic E-state index is 0.0412. The first-order valence-corrected chi connectivity index (χ1v) is 8.14. The summed E-state index contributed by atoms with van der Waals surface area (Å²) in [5.74, 6) is 2.17. The summed E-state index contributed by atoms with van der Waals surface area (Å²) in [6, 6.07) is 4.00. The van der Waals surface area contributed by atoms with Gasteiger partial charge in [-0.1, -0.05) is 26.7 Å². The summed E-state index contributed by atoms with van der Waals surface area (Å²) in [6.07, 6.45) is 6.66. The van der Waals surface area contributed by atoms with Crippen LogP contribution in [0.1, 0.15) is 52.2 Å². The fourth-order valence-corrected chi connectivity index (χ4v) is 3.30. The summed E-state index contributed by atoms with van der Waals surface area (Å²) < 4.78 is 5.23. The van der Waals surface area contributed by atoms with Gasteiger partial charge in [0.15, 0.2) is 0 Å². The third kappa shape index (κ3) is 4.60. The van der Waals surface area contributed by atoms with E-state index in [9.17, 15) is 4.79 Å². The van der Waals surface area contributed by atoms with Gasteiger partial charge in [-0.25, -0.2) is 0 Å². The minimum Gasteiger partial charge on any atom is -0.467 e. The van der Waals surface area contributed by atoms with E-state index >= 15 is 0 Å². The van der Waals surface area contributed by atoms with E-state index in [0.29, 0.717) is 24.4 Å². The summed E-state index contributed by atoms with van der Waals surface area (Å²) >= 11 is 0. The predicted octanol–water partition coefficient (Wildman–Crippen LogP) is 3.09. The Morgan fingerprint density at radius 3 is 2.76 bits per heavy atom. The van der Waals surface area contributed by atoms with Crippen LogP contribution in [0.2, 0.25) is 0 Å². The number of furan rings is 1. The SMILES string of the molecule is CC(NC1CCCCC1C(C)C)C(=O)NCc1ccco1. The highest BCUT2D eigenvalue weighted by molar-refractivity contribution is 5.81. The molecule has 21 heavy (non-hydrogen) atoms. The molecule has 0 aliphatic heterocycles. The molecule has 1 aliphatic carbocycles. The van der Waals surface area contributed by atoms with Crippen LogP contribution in [-0.2, 0) is 11.3 Å². The fraction of sp³-hybridized carbons (Fsp3) is 0.706. The van der Waals surface area contributed by atoms with Crippen LogP contribution in [0.15, 0.2) is 22.8 Å². The Kier molecular flexibility index (Phi) is 5.85. The summed E-state index contributed by atoms with van der Waals surface area (Å²) in [4.78, 5) is 12.2. The second-order valence-corrected chi connectivity index (χ2v) is 6.48. The van der Waals surface area contributed by atoms with E-state index < -0.39 is 0 Å². The largest absolute Gasteiger partial charge is 0.467 e. The number of rotatable bonds is 6. The van der Waals surface area contributed by atoms with Gasteiger partial charge in [0, 0.05) is 6.04 Å². The van der Waals surface area contributed by atoms with Crippen molar-refractivity contribution in [3.8, 4) is 0 Å².